The molecule has 0 amide bonds. The molecule has 0 fully saturated rings. The van der Waals surface area contributed by atoms with E-state index in [9.17, 15) is 4.79 Å². The van der Waals surface area contributed by atoms with Crippen LogP contribution in [0, 0.1) is 6.92 Å². The lowest BCUT2D eigenvalue weighted by atomic mass is 10.1. The first-order chi connectivity index (χ1) is 8.61. The summed E-state index contributed by atoms with van der Waals surface area (Å²) < 4.78 is 0.974. The van der Waals surface area contributed by atoms with Gasteiger partial charge in [0.2, 0.25) is 0 Å². The maximum absolute atomic E-state index is 11.9. The minimum absolute atomic E-state index is 0.0524. The van der Waals surface area contributed by atoms with Gasteiger partial charge in [-0.3, -0.25) is 4.79 Å². The Kier molecular flexibility index (Phi) is 3.93. The lowest BCUT2D eigenvalue weighted by molar-refractivity contribution is 0.298. The molecule has 18 heavy (non-hydrogen) atoms. The van der Waals surface area contributed by atoms with Gasteiger partial charge in [-0.25, -0.2) is 4.98 Å². The standard InChI is InChI=1S/C13H13BrN2O2/c1-8-11(6-7-17)13(18)16-12(15-8)9-2-4-10(14)5-3-9/h2-5,17H,6-7H2,1H3,(H,15,16,18). The number of halogens is 1. The summed E-state index contributed by atoms with van der Waals surface area (Å²) in [5.74, 6) is 0.548. The number of nitrogens with zero attached hydrogens (tertiary/aromatic N) is 1. The fraction of sp³-hybridized carbons (Fsp3) is 0.231. The van der Waals surface area contributed by atoms with E-state index in [2.05, 4.69) is 25.9 Å². The lowest BCUT2D eigenvalue weighted by Crippen LogP contribution is -2.18. The number of hydrogen-bond acceptors (Lipinski definition) is 3. The average molecular weight is 309 g/mol. The Hall–Kier alpha value is -1.46. The normalized spacial score (nSPS) is 10.6. The third kappa shape index (κ3) is 2.68. The van der Waals surface area contributed by atoms with Crippen molar-refractivity contribution in [2.45, 2.75) is 13.3 Å². The number of aliphatic hydroxyl groups excluding tert-OH is 1. The van der Waals surface area contributed by atoms with Gasteiger partial charge in [-0.05, 0) is 19.1 Å². The van der Waals surface area contributed by atoms with Crippen molar-refractivity contribution in [2.24, 2.45) is 0 Å². The second kappa shape index (κ2) is 5.46. The summed E-state index contributed by atoms with van der Waals surface area (Å²) in [5, 5.41) is 8.90. The van der Waals surface area contributed by atoms with E-state index in [1.54, 1.807) is 6.92 Å². The largest absolute Gasteiger partial charge is 0.396 e. The predicted molar refractivity (Wildman–Crippen MR) is 73.5 cm³/mol. The van der Waals surface area contributed by atoms with E-state index in [1.165, 1.54) is 0 Å². The van der Waals surface area contributed by atoms with Crippen molar-refractivity contribution in [3.63, 3.8) is 0 Å². The van der Waals surface area contributed by atoms with Crippen LogP contribution in [0.5, 0.6) is 0 Å². The first-order valence-electron chi connectivity index (χ1n) is 5.58. The second-order valence-electron chi connectivity index (χ2n) is 3.96. The maximum atomic E-state index is 11.9. The number of H-pyrrole nitrogens is 1. The highest BCUT2D eigenvalue weighted by atomic mass is 79.9. The highest BCUT2D eigenvalue weighted by Crippen LogP contribution is 2.18. The molecule has 2 N–H and O–H groups in total. The number of aryl methyl sites for hydroxylation is 1. The molecule has 2 aromatic rings. The zero-order valence-corrected chi connectivity index (χ0v) is 11.5. The van der Waals surface area contributed by atoms with Crippen LogP contribution in [0.1, 0.15) is 11.3 Å². The van der Waals surface area contributed by atoms with Crippen LogP contribution in [0.15, 0.2) is 33.5 Å². The fourth-order valence-electron chi connectivity index (χ4n) is 1.76. The maximum Gasteiger partial charge on any atom is 0.254 e. The van der Waals surface area contributed by atoms with Crippen molar-refractivity contribution in [3.05, 3.63) is 50.3 Å². The molecule has 0 saturated carbocycles. The second-order valence-corrected chi connectivity index (χ2v) is 4.87. The van der Waals surface area contributed by atoms with E-state index in [4.69, 9.17) is 5.11 Å². The molecule has 0 aliphatic carbocycles. The fourth-order valence-corrected chi connectivity index (χ4v) is 2.03. The Morgan fingerprint density at radius 3 is 2.56 bits per heavy atom. The monoisotopic (exact) mass is 308 g/mol. The van der Waals surface area contributed by atoms with Crippen LogP contribution < -0.4 is 5.56 Å². The molecular formula is C13H13BrN2O2. The summed E-state index contributed by atoms with van der Waals surface area (Å²) in [6.45, 7) is 1.73. The third-order valence-electron chi connectivity index (χ3n) is 2.70. The quantitative estimate of drug-likeness (QED) is 0.912. The number of nitrogens with one attached hydrogen (secondary N) is 1. The molecule has 5 heteroatoms. The Morgan fingerprint density at radius 2 is 2.00 bits per heavy atom. The Morgan fingerprint density at radius 1 is 1.33 bits per heavy atom. The SMILES string of the molecule is Cc1nc(-c2ccc(Br)cc2)[nH]c(=O)c1CCO. The summed E-state index contributed by atoms with van der Waals surface area (Å²) in [6.07, 6.45) is 0.328. The van der Waals surface area contributed by atoms with Crippen LogP contribution in [0.3, 0.4) is 0 Å². The van der Waals surface area contributed by atoms with E-state index in [0.29, 0.717) is 23.5 Å². The predicted octanol–water partition coefficient (Wildman–Crippen LogP) is 2.04. The zero-order chi connectivity index (χ0) is 13.1. The van der Waals surface area contributed by atoms with E-state index in [0.717, 1.165) is 10.0 Å². The molecule has 0 radical (unpaired) electrons. The van der Waals surface area contributed by atoms with Crippen LogP contribution in [-0.2, 0) is 6.42 Å². The third-order valence-corrected chi connectivity index (χ3v) is 3.23. The van der Waals surface area contributed by atoms with Crippen LogP contribution in [0.2, 0.25) is 0 Å². The molecule has 0 bridgehead atoms. The van der Waals surface area contributed by atoms with Gasteiger partial charge in [0, 0.05) is 34.3 Å². The van der Waals surface area contributed by atoms with Gasteiger partial charge < -0.3 is 10.1 Å². The van der Waals surface area contributed by atoms with Crippen molar-refractivity contribution >= 4 is 15.9 Å². The van der Waals surface area contributed by atoms with E-state index in [-0.39, 0.29) is 12.2 Å². The zero-order valence-electron chi connectivity index (χ0n) is 9.90. The van der Waals surface area contributed by atoms with Crippen molar-refractivity contribution < 1.29 is 5.11 Å². The van der Waals surface area contributed by atoms with E-state index in [1.807, 2.05) is 24.3 Å². The number of aromatic nitrogens is 2. The average Bonchev–Trinajstić information content (AvgIpc) is 2.34. The van der Waals surface area contributed by atoms with Crippen molar-refractivity contribution in [2.75, 3.05) is 6.61 Å². The number of rotatable bonds is 3. The topological polar surface area (TPSA) is 66.0 Å². The molecule has 4 nitrogen and oxygen atoms in total. The minimum atomic E-state index is -0.186. The highest BCUT2D eigenvalue weighted by molar-refractivity contribution is 9.10. The molecule has 0 aliphatic heterocycles. The minimum Gasteiger partial charge on any atom is -0.396 e. The molecule has 94 valence electrons. The molecule has 0 spiro atoms. The summed E-state index contributed by atoms with van der Waals surface area (Å²) in [5.41, 5.74) is 1.87. The molecule has 2 rings (SSSR count). The smallest absolute Gasteiger partial charge is 0.254 e. The van der Waals surface area contributed by atoms with Gasteiger partial charge in [-0.15, -0.1) is 0 Å². The van der Waals surface area contributed by atoms with Gasteiger partial charge in [-0.2, -0.15) is 0 Å². The van der Waals surface area contributed by atoms with Gasteiger partial charge in [0.1, 0.15) is 5.82 Å². The van der Waals surface area contributed by atoms with Crippen molar-refractivity contribution in [1.82, 2.24) is 9.97 Å². The van der Waals surface area contributed by atoms with Gasteiger partial charge >= 0.3 is 0 Å². The highest BCUT2D eigenvalue weighted by Gasteiger charge is 2.08. The van der Waals surface area contributed by atoms with Crippen LogP contribution in [-0.4, -0.2) is 21.7 Å². The van der Waals surface area contributed by atoms with E-state index >= 15 is 0 Å². The number of aromatic amines is 1. The molecule has 1 aromatic heterocycles. The Labute approximate surface area is 113 Å². The van der Waals surface area contributed by atoms with Crippen LogP contribution in [0.25, 0.3) is 11.4 Å². The molecule has 0 atom stereocenters. The van der Waals surface area contributed by atoms with E-state index < -0.39 is 0 Å². The number of benzene rings is 1. The summed E-state index contributed by atoms with van der Waals surface area (Å²) in [4.78, 5) is 19.0. The van der Waals surface area contributed by atoms with Gasteiger partial charge in [-0.1, -0.05) is 28.1 Å². The lowest BCUT2D eigenvalue weighted by Gasteiger charge is -2.06. The number of hydrogen-bond donors (Lipinski definition) is 2. The Balaban J connectivity index is 2.48. The molecule has 0 aliphatic rings. The first-order valence-corrected chi connectivity index (χ1v) is 6.37. The van der Waals surface area contributed by atoms with Gasteiger partial charge in [0.15, 0.2) is 0 Å². The summed E-state index contributed by atoms with van der Waals surface area (Å²) in [6, 6.07) is 7.56. The van der Waals surface area contributed by atoms with Crippen molar-refractivity contribution in [1.29, 1.82) is 0 Å². The molecule has 1 aromatic carbocycles. The summed E-state index contributed by atoms with van der Waals surface area (Å²) >= 11 is 3.36. The summed E-state index contributed by atoms with van der Waals surface area (Å²) in [7, 11) is 0. The molecule has 0 unspecified atom stereocenters. The molecule has 1 heterocycles. The van der Waals surface area contributed by atoms with Crippen molar-refractivity contribution in [3.8, 4) is 11.4 Å². The first kappa shape index (κ1) is 13.0. The molecular weight excluding hydrogens is 296 g/mol. The Bertz CT molecular complexity index is 605. The van der Waals surface area contributed by atoms with Gasteiger partial charge in [0.05, 0.1) is 0 Å². The van der Waals surface area contributed by atoms with Crippen LogP contribution >= 0.6 is 15.9 Å². The van der Waals surface area contributed by atoms with Crippen LogP contribution in [0.4, 0.5) is 0 Å². The number of aliphatic hydroxyl groups is 1. The van der Waals surface area contributed by atoms with Gasteiger partial charge in [0.25, 0.3) is 5.56 Å². The molecule has 0 saturated heterocycles.